The maximum absolute atomic E-state index is 12.9. The average molecular weight is 163 g/mol. The van der Waals surface area contributed by atoms with Gasteiger partial charge in [-0.3, -0.25) is 0 Å². The van der Waals surface area contributed by atoms with Crippen molar-refractivity contribution in [3.63, 3.8) is 0 Å². The Hall–Kier alpha value is -0.190. The Morgan fingerprint density at radius 2 is 2.36 bits per heavy atom. The van der Waals surface area contributed by atoms with Crippen LogP contribution in [0.5, 0.6) is 0 Å². The van der Waals surface area contributed by atoms with Gasteiger partial charge in [0.25, 0.3) is 0 Å². The van der Waals surface area contributed by atoms with Gasteiger partial charge in [0.15, 0.2) is 0 Å². The molecule has 0 unspecified atom stereocenters. The van der Waals surface area contributed by atoms with Crippen LogP contribution in [0.1, 0.15) is 0 Å². The second kappa shape index (κ2) is 3.99. The SMILES string of the molecule is CN1CCOC[C@@H](O)[C@H](F)C1. The molecule has 0 amide bonds. The van der Waals surface area contributed by atoms with E-state index in [1.54, 1.807) is 0 Å². The Labute approximate surface area is 65.8 Å². The molecule has 66 valence electrons. The van der Waals surface area contributed by atoms with Gasteiger partial charge in [-0.1, -0.05) is 0 Å². The summed E-state index contributed by atoms with van der Waals surface area (Å²) in [5.74, 6) is 0. The first-order valence-electron chi connectivity index (χ1n) is 3.78. The highest BCUT2D eigenvalue weighted by Gasteiger charge is 2.22. The highest BCUT2D eigenvalue weighted by Crippen LogP contribution is 2.04. The number of nitrogens with zero attached hydrogens (tertiary/aromatic N) is 1. The molecule has 1 heterocycles. The lowest BCUT2D eigenvalue weighted by Crippen LogP contribution is -2.41. The molecule has 1 fully saturated rings. The van der Waals surface area contributed by atoms with Crippen LogP contribution in [0.4, 0.5) is 4.39 Å². The second-order valence-corrected chi connectivity index (χ2v) is 2.92. The number of aliphatic hydroxyl groups is 1. The Bertz CT molecular complexity index is 123. The molecule has 2 atom stereocenters. The number of ether oxygens (including phenoxy) is 1. The number of aliphatic hydroxyl groups excluding tert-OH is 1. The third-order valence-electron chi connectivity index (χ3n) is 1.81. The van der Waals surface area contributed by atoms with Gasteiger partial charge in [0.1, 0.15) is 12.3 Å². The van der Waals surface area contributed by atoms with Crippen molar-refractivity contribution < 1.29 is 14.2 Å². The third kappa shape index (κ3) is 2.73. The molecule has 0 spiro atoms. The van der Waals surface area contributed by atoms with Gasteiger partial charge in [0.05, 0.1) is 13.2 Å². The van der Waals surface area contributed by atoms with Gasteiger partial charge in [-0.2, -0.15) is 0 Å². The van der Waals surface area contributed by atoms with E-state index in [1.165, 1.54) is 0 Å². The van der Waals surface area contributed by atoms with Crippen LogP contribution in [0.2, 0.25) is 0 Å². The lowest BCUT2D eigenvalue weighted by atomic mass is 10.2. The van der Waals surface area contributed by atoms with Crippen molar-refractivity contribution >= 4 is 0 Å². The number of hydrogen-bond acceptors (Lipinski definition) is 3. The molecule has 0 radical (unpaired) electrons. The summed E-state index contributed by atoms with van der Waals surface area (Å²) >= 11 is 0. The lowest BCUT2D eigenvalue weighted by molar-refractivity contribution is -0.0378. The Kier molecular flexibility index (Phi) is 3.23. The van der Waals surface area contributed by atoms with E-state index in [0.717, 1.165) is 6.54 Å². The van der Waals surface area contributed by atoms with Gasteiger partial charge < -0.3 is 14.7 Å². The van der Waals surface area contributed by atoms with Crippen molar-refractivity contribution in [3.05, 3.63) is 0 Å². The maximum atomic E-state index is 12.9. The van der Waals surface area contributed by atoms with Crippen LogP contribution in [-0.2, 0) is 4.74 Å². The summed E-state index contributed by atoms with van der Waals surface area (Å²) in [4.78, 5) is 1.81. The van der Waals surface area contributed by atoms with Crippen LogP contribution in [0, 0.1) is 0 Å². The van der Waals surface area contributed by atoms with Crippen LogP contribution in [0.25, 0.3) is 0 Å². The highest BCUT2D eigenvalue weighted by molar-refractivity contribution is 4.72. The first-order chi connectivity index (χ1) is 5.20. The summed E-state index contributed by atoms with van der Waals surface area (Å²) in [6.45, 7) is 1.72. The summed E-state index contributed by atoms with van der Waals surface area (Å²) in [6, 6.07) is 0. The fourth-order valence-corrected chi connectivity index (χ4v) is 1.04. The monoisotopic (exact) mass is 163 g/mol. The summed E-state index contributed by atoms with van der Waals surface area (Å²) in [5, 5.41) is 9.07. The van der Waals surface area contributed by atoms with E-state index in [2.05, 4.69) is 0 Å². The van der Waals surface area contributed by atoms with Crippen molar-refractivity contribution in [3.8, 4) is 0 Å². The molecule has 0 aliphatic carbocycles. The first kappa shape index (κ1) is 8.90. The zero-order valence-corrected chi connectivity index (χ0v) is 6.66. The van der Waals surface area contributed by atoms with Crippen molar-refractivity contribution in [2.24, 2.45) is 0 Å². The topological polar surface area (TPSA) is 32.7 Å². The molecule has 0 aromatic carbocycles. The van der Waals surface area contributed by atoms with Gasteiger partial charge in [-0.25, -0.2) is 4.39 Å². The molecular weight excluding hydrogens is 149 g/mol. The molecule has 1 rings (SSSR count). The largest absolute Gasteiger partial charge is 0.388 e. The van der Waals surface area contributed by atoms with Gasteiger partial charge in [0, 0.05) is 13.1 Å². The van der Waals surface area contributed by atoms with E-state index in [4.69, 9.17) is 9.84 Å². The Balaban J connectivity index is 2.38. The Morgan fingerprint density at radius 3 is 3.09 bits per heavy atom. The lowest BCUT2D eigenvalue weighted by Gasteiger charge is -2.25. The van der Waals surface area contributed by atoms with Gasteiger partial charge in [-0.05, 0) is 7.05 Å². The molecule has 0 saturated carbocycles. The standard InChI is InChI=1S/C7H14FNO2/c1-9-2-3-11-5-7(10)6(8)4-9/h6-7,10H,2-5H2,1H3/t6-,7-/m1/s1. The molecule has 1 saturated heterocycles. The number of halogens is 1. The minimum atomic E-state index is -1.18. The van der Waals surface area contributed by atoms with Crippen molar-refractivity contribution in [2.75, 3.05) is 33.4 Å². The van der Waals surface area contributed by atoms with E-state index in [9.17, 15) is 4.39 Å². The van der Waals surface area contributed by atoms with Crippen molar-refractivity contribution in [1.29, 1.82) is 0 Å². The summed E-state index contributed by atoms with van der Waals surface area (Å²) in [7, 11) is 1.81. The summed E-state index contributed by atoms with van der Waals surface area (Å²) in [6.07, 6.45) is -2.14. The number of hydrogen-bond donors (Lipinski definition) is 1. The van der Waals surface area contributed by atoms with E-state index in [1.807, 2.05) is 11.9 Å². The minimum Gasteiger partial charge on any atom is -0.388 e. The fraction of sp³-hybridized carbons (Fsp3) is 1.00. The summed E-state index contributed by atoms with van der Waals surface area (Å²) < 4.78 is 17.9. The molecule has 0 aromatic rings. The third-order valence-corrected chi connectivity index (χ3v) is 1.81. The molecule has 4 heteroatoms. The van der Waals surface area contributed by atoms with Crippen molar-refractivity contribution in [2.45, 2.75) is 12.3 Å². The minimum absolute atomic E-state index is 0.120. The quantitative estimate of drug-likeness (QED) is 0.529. The van der Waals surface area contributed by atoms with E-state index in [0.29, 0.717) is 13.2 Å². The number of likely N-dealkylation sites (N-methyl/N-ethyl adjacent to an activating group) is 1. The molecule has 1 N–H and O–H groups in total. The predicted octanol–water partition coefficient (Wildman–Crippen LogP) is -0.353. The van der Waals surface area contributed by atoms with Gasteiger partial charge in [0.2, 0.25) is 0 Å². The zero-order valence-electron chi connectivity index (χ0n) is 6.66. The van der Waals surface area contributed by atoms with Crippen LogP contribution < -0.4 is 0 Å². The molecular formula is C7H14FNO2. The van der Waals surface area contributed by atoms with Gasteiger partial charge in [-0.15, -0.1) is 0 Å². The van der Waals surface area contributed by atoms with Crippen LogP contribution in [-0.4, -0.2) is 55.6 Å². The van der Waals surface area contributed by atoms with Crippen LogP contribution >= 0.6 is 0 Å². The highest BCUT2D eigenvalue weighted by atomic mass is 19.1. The van der Waals surface area contributed by atoms with E-state index < -0.39 is 12.3 Å². The number of rotatable bonds is 0. The van der Waals surface area contributed by atoms with E-state index in [-0.39, 0.29) is 6.61 Å². The maximum Gasteiger partial charge on any atom is 0.141 e. The average Bonchev–Trinajstić information content (AvgIpc) is 1.95. The van der Waals surface area contributed by atoms with Gasteiger partial charge >= 0.3 is 0 Å². The Morgan fingerprint density at radius 1 is 1.64 bits per heavy atom. The first-order valence-corrected chi connectivity index (χ1v) is 3.78. The molecule has 0 aromatic heterocycles. The molecule has 3 nitrogen and oxygen atoms in total. The number of alkyl halides is 1. The molecule has 11 heavy (non-hydrogen) atoms. The van der Waals surface area contributed by atoms with Crippen LogP contribution in [0.3, 0.4) is 0 Å². The van der Waals surface area contributed by atoms with E-state index >= 15 is 0 Å². The van der Waals surface area contributed by atoms with Crippen LogP contribution in [0.15, 0.2) is 0 Å². The predicted molar refractivity (Wildman–Crippen MR) is 39.2 cm³/mol. The molecule has 1 aliphatic rings. The molecule has 1 aliphatic heterocycles. The zero-order chi connectivity index (χ0) is 8.27. The summed E-state index contributed by atoms with van der Waals surface area (Å²) in [5.41, 5.74) is 0. The normalized spacial score (nSPS) is 36.3. The second-order valence-electron chi connectivity index (χ2n) is 2.92. The molecule has 0 bridgehead atoms. The fourth-order valence-electron chi connectivity index (χ4n) is 1.04. The smallest absolute Gasteiger partial charge is 0.141 e. The van der Waals surface area contributed by atoms with Crippen molar-refractivity contribution in [1.82, 2.24) is 4.90 Å².